The van der Waals surface area contributed by atoms with E-state index in [4.69, 9.17) is 16.3 Å². The van der Waals surface area contributed by atoms with Gasteiger partial charge in [0.05, 0.1) is 15.8 Å². The molecule has 2 aromatic heterocycles. The van der Waals surface area contributed by atoms with Gasteiger partial charge in [0.1, 0.15) is 12.6 Å². The number of benzene rings is 2. The van der Waals surface area contributed by atoms with Crippen molar-refractivity contribution < 1.29 is 9.53 Å². The number of aromatic nitrogens is 1. The molecule has 0 aliphatic carbocycles. The molecule has 1 aliphatic rings. The van der Waals surface area contributed by atoms with Gasteiger partial charge in [0.25, 0.3) is 5.56 Å². The van der Waals surface area contributed by atoms with Gasteiger partial charge in [0, 0.05) is 9.90 Å². The van der Waals surface area contributed by atoms with Gasteiger partial charge in [-0.1, -0.05) is 71.5 Å². The molecule has 1 unspecified atom stereocenters. The maximum atomic E-state index is 13.5. The maximum absolute atomic E-state index is 13.5. The number of hydrogen-bond donors (Lipinski definition) is 0. The third kappa shape index (κ3) is 4.42. The number of allylic oxidation sites excluding steroid dienone is 1. The molecule has 4 aromatic rings. The molecule has 34 heavy (non-hydrogen) atoms. The third-order valence-electron chi connectivity index (χ3n) is 5.41. The van der Waals surface area contributed by atoms with Crippen molar-refractivity contribution in [3.8, 4) is 0 Å². The Morgan fingerprint density at radius 3 is 2.71 bits per heavy atom. The SMILES string of the molecule is CC1=C(C(=O)OCc2ccccc2)C(c2cccs2)n2c(sc(=Cc3cccc(Cl)c3)c2=O)=N1. The van der Waals surface area contributed by atoms with E-state index >= 15 is 0 Å². The van der Waals surface area contributed by atoms with Crippen LogP contribution in [0.25, 0.3) is 6.08 Å². The van der Waals surface area contributed by atoms with Crippen LogP contribution in [-0.4, -0.2) is 10.5 Å². The monoisotopic (exact) mass is 506 g/mol. The number of carbonyl (C=O) groups excluding carboxylic acids is 1. The number of fused-ring (bicyclic) bond motifs is 1. The average Bonchev–Trinajstić information content (AvgIpc) is 3.46. The quantitative estimate of drug-likeness (QED) is 0.369. The van der Waals surface area contributed by atoms with Crippen molar-refractivity contribution in [2.24, 2.45) is 4.99 Å². The number of esters is 1. The van der Waals surface area contributed by atoms with Gasteiger partial charge >= 0.3 is 5.97 Å². The molecule has 1 aliphatic heterocycles. The van der Waals surface area contributed by atoms with Gasteiger partial charge in [-0.15, -0.1) is 11.3 Å². The van der Waals surface area contributed by atoms with Crippen LogP contribution >= 0.6 is 34.3 Å². The van der Waals surface area contributed by atoms with Gasteiger partial charge in [-0.05, 0) is 47.7 Å². The third-order valence-corrected chi connectivity index (χ3v) is 7.56. The lowest BCUT2D eigenvalue weighted by atomic mass is 10.0. The lowest BCUT2D eigenvalue weighted by Gasteiger charge is -2.23. The topological polar surface area (TPSA) is 60.7 Å². The summed E-state index contributed by atoms with van der Waals surface area (Å²) in [5, 5.41) is 2.52. The van der Waals surface area contributed by atoms with Crippen LogP contribution in [0.2, 0.25) is 5.02 Å². The van der Waals surface area contributed by atoms with Crippen molar-refractivity contribution in [1.82, 2.24) is 4.57 Å². The molecule has 0 amide bonds. The maximum Gasteiger partial charge on any atom is 0.338 e. The molecule has 0 fully saturated rings. The Labute approximate surface area is 208 Å². The summed E-state index contributed by atoms with van der Waals surface area (Å²) in [4.78, 5) is 32.9. The minimum atomic E-state index is -0.596. The van der Waals surface area contributed by atoms with E-state index in [-0.39, 0.29) is 12.2 Å². The first-order valence-corrected chi connectivity index (χ1v) is 12.6. The van der Waals surface area contributed by atoms with E-state index in [1.165, 1.54) is 22.7 Å². The second-order valence-electron chi connectivity index (χ2n) is 7.71. The van der Waals surface area contributed by atoms with Crippen LogP contribution in [0.3, 0.4) is 0 Å². The molecule has 170 valence electrons. The van der Waals surface area contributed by atoms with Crippen LogP contribution in [-0.2, 0) is 16.1 Å². The molecule has 0 radical (unpaired) electrons. The Kier molecular flexibility index (Phi) is 6.32. The number of hydrogen-bond acceptors (Lipinski definition) is 6. The second-order valence-corrected chi connectivity index (χ2v) is 10.1. The fraction of sp³-hybridized carbons (Fsp3) is 0.115. The van der Waals surface area contributed by atoms with Crippen LogP contribution in [0, 0.1) is 0 Å². The first kappa shape index (κ1) is 22.5. The summed E-state index contributed by atoms with van der Waals surface area (Å²) in [7, 11) is 0. The Balaban J connectivity index is 1.59. The highest BCUT2D eigenvalue weighted by Gasteiger charge is 2.34. The molecular formula is C26H19ClN2O3S2. The molecule has 0 N–H and O–H groups in total. The van der Waals surface area contributed by atoms with Crippen LogP contribution in [0.15, 0.2) is 93.2 Å². The number of rotatable bonds is 5. The predicted molar refractivity (Wildman–Crippen MR) is 136 cm³/mol. The highest BCUT2D eigenvalue weighted by Crippen LogP contribution is 2.33. The standard InChI is InChI=1S/C26H19ClN2O3S2/c1-16-22(25(31)32-15-17-7-3-2-4-8-17)23(20-11-6-12-33-20)29-24(30)21(34-26(29)28-16)14-18-9-5-10-19(27)13-18/h2-14,23H,15H2,1H3. The van der Waals surface area contributed by atoms with Crippen LogP contribution in [0.5, 0.6) is 0 Å². The number of nitrogens with zero attached hydrogens (tertiary/aromatic N) is 2. The van der Waals surface area contributed by atoms with Crippen molar-refractivity contribution >= 4 is 46.3 Å². The largest absolute Gasteiger partial charge is 0.457 e. The second kappa shape index (κ2) is 9.54. The van der Waals surface area contributed by atoms with Crippen molar-refractivity contribution in [2.45, 2.75) is 19.6 Å². The van der Waals surface area contributed by atoms with Crippen molar-refractivity contribution in [3.05, 3.63) is 124 Å². The van der Waals surface area contributed by atoms with Crippen LogP contribution in [0.1, 0.15) is 29.0 Å². The molecule has 1 atom stereocenters. The van der Waals surface area contributed by atoms with Crippen molar-refractivity contribution in [1.29, 1.82) is 0 Å². The zero-order valence-corrected chi connectivity index (χ0v) is 20.5. The van der Waals surface area contributed by atoms with E-state index in [1.807, 2.05) is 60.0 Å². The molecule has 2 aromatic carbocycles. The van der Waals surface area contributed by atoms with E-state index in [0.717, 1.165) is 16.0 Å². The molecule has 5 rings (SSSR count). The van der Waals surface area contributed by atoms with Crippen LogP contribution < -0.4 is 14.9 Å². The highest BCUT2D eigenvalue weighted by atomic mass is 35.5. The van der Waals surface area contributed by atoms with Gasteiger partial charge in [-0.2, -0.15) is 0 Å². The van der Waals surface area contributed by atoms with E-state index in [0.29, 0.717) is 25.6 Å². The van der Waals surface area contributed by atoms with Gasteiger partial charge in [-0.3, -0.25) is 9.36 Å². The lowest BCUT2D eigenvalue weighted by Crippen LogP contribution is -2.39. The summed E-state index contributed by atoms with van der Waals surface area (Å²) in [5.41, 5.74) is 2.43. The normalized spacial score (nSPS) is 15.7. The Morgan fingerprint density at radius 1 is 1.15 bits per heavy atom. The van der Waals surface area contributed by atoms with Crippen LogP contribution in [0.4, 0.5) is 0 Å². The molecule has 3 heterocycles. The number of halogens is 1. The van der Waals surface area contributed by atoms with E-state index in [9.17, 15) is 9.59 Å². The molecule has 0 saturated carbocycles. The molecule has 0 bridgehead atoms. The minimum Gasteiger partial charge on any atom is -0.457 e. The average molecular weight is 507 g/mol. The van der Waals surface area contributed by atoms with Crippen molar-refractivity contribution in [3.63, 3.8) is 0 Å². The van der Waals surface area contributed by atoms with Gasteiger partial charge in [0.2, 0.25) is 0 Å². The Bertz CT molecular complexity index is 1570. The number of carbonyl (C=O) groups is 1. The Morgan fingerprint density at radius 2 is 1.97 bits per heavy atom. The lowest BCUT2D eigenvalue weighted by molar-refractivity contribution is -0.140. The molecular weight excluding hydrogens is 488 g/mol. The summed E-state index contributed by atoms with van der Waals surface area (Å²) in [5.74, 6) is -0.479. The number of thiophene rings is 1. The van der Waals surface area contributed by atoms with E-state index in [2.05, 4.69) is 4.99 Å². The molecule has 0 saturated heterocycles. The highest BCUT2D eigenvalue weighted by molar-refractivity contribution is 7.10. The minimum absolute atomic E-state index is 0.146. The zero-order chi connectivity index (χ0) is 23.7. The Hall–Kier alpha value is -3.26. The van der Waals surface area contributed by atoms with Gasteiger partial charge < -0.3 is 4.74 Å². The summed E-state index contributed by atoms with van der Waals surface area (Å²) >= 11 is 8.90. The summed E-state index contributed by atoms with van der Waals surface area (Å²) in [6, 6.07) is 20.0. The van der Waals surface area contributed by atoms with Gasteiger partial charge in [-0.25, -0.2) is 9.79 Å². The first-order chi connectivity index (χ1) is 16.5. The summed E-state index contributed by atoms with van der Waals surface area (Å²) < 4.78 is 7.77. The zero-order valence-electron chi connectivity index (χ0n) is 18.1. The fourth-order valence-electron chi connectivity index (χ4n) is 3.85. The van der Waals surface area contributed by atoms with E-state index in [1.54, 1.807) is 29.7 Å². The van der Waals surface area contributed by atoms with E-state index < -0.39 is 12.0 Å². The fourth-order valence-corrected chi connectivity index (χ4v) is 5.92. The smallest absolute Gasteiger partial charge is 0.338 e. The summed E-state index contributed by atoms with van der Waals surface area (Å²) in [6.07, 6.45) is 1.80. The molecule has 0 spiro atoms. The number of ether oxygens (including phenoxy) is 1. The first-order valence-electron chi connectivity index (χ1n) is 10.5. The van der Waals surface area contributed by atoms with Gasteiger partial charge in [0.15, 0.2) is 4.80 Å². The molecule has 8 heteroatoms. The summed E-state index contributed by atoms with van der Waals surface area (Å²) in [6.45, 7) is 1.93. The number of thiazole rings is 1. The molecule has 5 nitrogen and oxygen atoms in total. The predicted octanol–water partition coefficient (Wildman–Crippen LogP) is 4.69. The van der Waals surface area contributed by atoms with Crippen molar-refractivity contribution in [2.75, 3.05) is 0 Å².